The lowest BCUT2D eigenvalue weighted by Crippen LogP contribution is -2.46. The van der Waals surface area contributed by atoms with Gasteiger partial charge < -0.3 is 10.4 Å². The number of benzene rings is 1. The van der Waals surface area contributed by atoms with Gasteiger partial charge in [-0.15, -0.1) is 11.8 Å². The molecule has 1 aromatic carbocycles. The zero-order chi connectivity index (χ0) is 15.0. The van der Waals surface area contributed by atoms with E-state index in [1.807, 2.05) is 19.9 Å². The molecule has 112 valence electrons. The molecule has 0 aliphatic heterocycles. The van der Waals surface area contributed by atoms with Gasteiger partial charge in [-0.25, -0.2) is 0 Å². The molecule has 20 heavy (non-hydrogen) atoms. The number of rotatable bonds is 8. The van der Waals surface area contributed by atoms with Crippen molar-refractivity contribution in [1.82, 2.24) is 5.32 Å². The van der Waals surface area contributed by atoms with Gasteiger partial charge in [0.2, 0.25) is 5.91 Å². The molecule has 2 N–H and O–H groups in total. The first-order valence-electron chi connectivity index (χ1n) is 7.04. The SMILES string of the molecule is CCC(C)(CCO)NC(=O)CSCc1cccc(C)c1. The highest BCUT2D eigenvalue weighted by Crippen LogP contribution is 2.16. The van der Waals surface area contributed by atoms with Crippen LogP contribution >= 0.6 is 11.8 Å². The Morgan fingerprint density at radius 1 is 1.45 bits per heavy atom. The van der Waals surface area contributed by atoms with E-state index in [0.717, 1.165) is 12.2 Å². The average molecular weight is 295 g/mol. The molecule has 1 atom stereocenters. The zero-order valence-electron chi connectivity index (χ0n) is 12.6. The van der Waals surface area contributed by atoms with Crippen molar-refractivity contribution in [2.75, 3.05) is 12.4 Å². The standard InChI is InChI=1S/C16H25NO2S/c1-4-16(3,8-9-18)17-15(19)12-20-11-14-7-5-6-13(2)10-14/h5-7,10,18H,4,8-9,11-12H2,1-3H3,(H,17,19). The third-order valence-corrected chi connectivity index (χ3v) is 4.47. The van der Waals surface area contributed by atoms with Crippen LogP contribution in [0.1, 0.15) is 37.8 Å². The molecular weight excluding hydrogens is 270 g/mol. The van der Waals surface area contributed by atoms with Crippen molar-refractivity contribution >= 4 is 17.7 Å². The van der Waals surface area contributed by atoms with Crippen LogP contribution in [-0.4, -0.2) is 28.9 Å². The molecule has 1 rings (SSSR count). The Hall–Kier alpha value is -1.00. The van der Waals surface area contributed by atoms with Crippen molar-refractivity contribution in [3.63, 3.8) is 0 Å². The van der Waals surface area contributed by atoms with Gasteiger partial charge in [0.05, 0.1) is 5.75 Å². The Morgan fingerprint density at radius 2 is 2.20 bits per heavy atom. The van der Waals surface area contributed by atoms with E-state index >= 15 is 0 Å². The number of carbonyl (C=O) groups is 1. The largest absolute Gasteiger partial charge is 0.396 e. The average Bonchev–Trinajstić information content (AvgIpc) is 2.39. The molecule has 0 heterocycles. The second-order valence-corrected chi connectivity index (χ2v) is 6.40. The summed E-state index contributed by atoms with van der Waals surface area (Å²) in [4.78, 5) is 11.9. The van der Waals surface area contributed by atoms with E-state index in [1.54, 1.807) is 11.8 Å². The molecule has 3 nitrogen and oxygen atoms in total. The van der Waals surface area contributed by atoms with Crippen molar-refractivity contribution in [2.45, 2.75) is 44.9 Å². The number of aliphatic hydroxyl groups excluding tert-OH is 1. The lowest BCUT2D eigenvalue weighted by molar-refractivity contribution is -0.120. The maximum atomic E-state index is 11.9. The van der Waals surface area contributed by atoms with Gasteiger partial charge in [-0.05, 0) is 32.3 Å². The Bertz CT molecular complexity index is 436. The zero-order valence-corrected chi connectivity index (χ0v) is 13.4. The molecule has 0 spiro atoms. The van der Waals surface area contributed by atoms with Crippen molar-refractivity contribution in [3.05, 3.63) is 35.4 Å². The topological polar surface area (TPSA) is 49.3 Å². The van der Waals surface area contributed by atoms with Crippen LogP contribution in [0.5, 0.6) is 0 Å². The first-order chi connectivity index (χ1) is 9.49. The number of hydrogen-bond donors (Lipinski definition) is 2. The fraction of sp³-hybridized carbons (Fsp3) is 0.562. The van der Waals surface area contributed by atoms with E-state index in [2.05, 4.69) is 30.4 Å². The second-order valence-electron chi connectivity index (χ2n) is 5.42. The Balaban J connectivity index is 2.36. The van der Waals surface area contributed by atoms with Crippen LogP contribution in [0.25, 0.3) is 0 Å². The number of carbonyl (C=O) groups excluding carboxylic acids is 1. The molecule has 0 aliphatic carbocycles. The normalized spacial score (nSPS) is 13.8. The van der Waals surface area contributed by atoms with Crippen LogP contribution < -0.4 is 5.32 Å². The van der Waals surface area contributed by atoms with Gasteiger partial charge in [-0.2, -0.15) is 0 Å². The van der Waals surface area contributed by atoms with Crippen LogP contribution in [0, 0.1) is 6.92 Å². The van der Waals surface area contributed by atoms with Crippen molar-refractivity contribution < 1.29 is 9.90 Å². The van der Waals surface area contributed by atoms with E-state index in [-0.39, 0.29) is 18.1 Å². The van der Waals surface area contributed by atoms with Gasteiger partial charge in [0, 0.05) is 17.9 Å². The van der Waals surface area contributed by atoms with E-state index in [1.165, 1.54) is 11.1 Å². The van der Waals surface area contributed by atoms with Gasteiger partial charge in [0.25, 0.3) is 0 Å². The van der Waals surface area contributed by atoms with Gasteiger partial charge in [0.1, 0.15) is 0 Å². The Labute approximate surface area is 126 Å². The minimum Gasteiger partial charge on any atom is -0.396 e. The highest BCUT2D eigenvalue weighted by Gasteiger charge is 2.23. The second kappa shape index (κ2) is 8.32. The monoisotopic (exact) mass is 295 g/mol. The summed E-state index contributed by atoms with van der Waals surface area (Å²) in [6, 6.07) is 8.34. The summed E-state index contributed by atoms with van der Waals surface area (Å²) in [7, 11) is 0. The molecule has 0 saturated heterocycles. The number of nitrogens with one attached hydrogen (secondary N) is 1. The summed E-state index contributed by atoms with van der Waals surface area (Å²) < 4.78 is 0. The maximum Gasteiger partial charge on any atom is 0.230 e. The third kappa shape index (κ3) is 5.97. The number of hydrogen-bond acceptors (Lipinski definition) is 3. The predicted octanol–water partition coefficient (Wildman–Crippen LogP) is 2.90. The van der Waals surface area contributed by atoms with E-state index in [4.69, 9.17) is 5.11 Å². The summed E-state index contributed by atoms with van der Waals surface area (Å²) in [6.07, 6.45) is 1.42. The molecule has 0 fully saturated rings. The lowest BCUT2D eigenvalue weighted by atomic mass is 9.95. The molecule has 1 aromatic rings. The smallest absolute Gasteiger partial charge is 0.230 e. The van der Waals surface area contributed by atoms with Crippen LogP contribution in [0.3, 0.4) is 0 Å². The highest BCUT2D eigenvalue weighted by atomic mass is 32.2. The van der Waals surface area contributed by atoms with Crippen LogP contribution in [0.2, 0.25) is 0 Å². The fourth-order valence-electron chi connectivity index (χ4n) is 2.01. The summed E-state index contributed by atoms with van der Waals surface area (Å²) in [6.45, 7) is 6.17. The van der Waals surface area contributed by atoms with Gasteiger partial charge in [-0.3, -0.25) is 4.79 Å². The van der Waals surface area contributed by atoms with E-state index in [9.17, 15) is 4.79 Å². The third-order valence-electron chi connectivity index (χ3n) is 3.47. The predicted molar refractivity (Wildman–Crippen MR) is 85.9 cm³/mol. The Kier molecular flexibility index (Phi) is 7.10. The summed E-state index contributed by atoms with van der Waals surface area (Å²) in [5.74, 6) is 1.34. The fourth-order valence-corrected chi connectivity index (χ4v) is 2.79. The number of aliphatic hydroxyl groups is 1. The molecule has 4 heteroatoms. The molecule has 0 saturated carbocycles. The molecule has 0 aliphatic rings. The maximum absolute atomic E-state index is 11.9. The minimum atomic E-state index is -0.296. The van der Waals surface area contributed by atoms with Crippen LogP contribution in [0.4, 0.5) is 0 Å². The Morgan fingerprint density at radius 3 is 2.80 bits per heavy atom. The van der Waals surface area contributed by atoms with Crippen LogP contribution in [-0.2, 0) is 10.5 Å². The summed E-state index contributed by atoms with van der Waals surface area (Å²) >= 11 is 1.62. The molecule has 0 radical (unpaired) electrons. The van der Waals surface area contributed by atoms with Crippen molar-refractivity contribution in [3.8, 4) is 0 Å². The molecule has 1 amide bonds. The quantitative estimate of drug-likeness (QED) is 0.775. The minimum absolute atomic E-state index is 0.0421. The van der Waals surface area contributed by atoms with Crippen molar-refractivity contribution in [1.29, 1.82) is 0 Å². The number of amides is 1. The molecule has 1 unspecified atom stereocenters. The highest BCUT2D eigenvalue weighted by molar-refractivity contribution is 7.99. The summed E-state index contributed by atoms with van der Waals surface area (Å²) in [5, 5.41) is 12.1. The molecule has 0 aromatic heterocycles. The number of aryl methyl sites for hydroxylation is 1. The number of thioether (sulfide) groups is 1. The van der Waals surface area contributed by atoms with E-state index in [0.29, 0.717) is 12.2 Å². The molecule has 0 bridgehead atoms. The van der Waals surface area contributed by atoms with Gasteiger partial charge in [0.15, 0.2) is 0 Å². The van der Waals surface area contributed by atoms with E-state index < -0.39 is 0 Å². The van der Waals surface area contributed by atoms with Gasteiger partial charge >= 0.3 is 0 Å². The molecular formula is C16H25NO2S. The first kappa shape index (κ1) is 17.1. The first-order valence-corrected chi connectivity index (χ1v) is 8.20. The van der Waals surface area contributed by atoms with Gasteiger partial charge in [-0.1, -0.05) is 36.8 Å². The van der Waals surface area contributed by atoms with Crippen molar-refractivity contribution in [2.24, 2.45) is 0 Å². The van der Waals surface area contributed by atoms with Crippen LogP contribution in [0.15, 0.2) is 24.3 Å². The summed E-state index contributed by atoms with van der Waals surface area (Å²) in [5.41, 5.74) is 2.20. The lowest BCUT2D eigenvalue weighted by Gasteiger charge is -2.28.